The van der Waals surface area contributed by atoms with Gasteiger partial charge in [0.15, 0.2) is 0 Å². The summed E-state index contributed by atoms with van der Waals surface area (Å²) < 4.78 is 20.0. The fourth-order valence-corrected chi connectivity index (χ4v) is 10.3. The SMILES string of the molecule is C[C@H]1[C@H]([C@H](C)C=O)O[Si](C(C)(C)C)(C(C)(C)C)O[C@H]1[C@@H](C)COCc1ccccc1. The van der Waals surface area contributed by atoms with E-state index in [-0.39, 0.29) is 40.0 Å². The van der Waals surface area contributed by atoms with Gasteiger partial charge in [0.2, 0.25) is 0 Å². The molecular formula is C25H42O4Si. The lowest BCUT2D eigenvalue weighted by molar-refractivity contribution is -0.129. The topological polar surface area (TPSA) is 44.8 Å². The van der Waals surface area contributed by atoms with Crippen LogP contribution in [0.2, 0.25) is 10.1 Å². The Morgan fingerprint density at radius 1 is 1.00 bits per heavy atom. The summed E-state index contributed by atoms with van der Waals surface area (Å²) in [5, 5.41) is -0.260. The van der Waals surface area contributed by atoms with Crippen LogP contribution >= 0.6 is 0 Å². The zero-order valence-electron chi connectivity index (χ0n) is 20.4. The van der Waals surface area contributed by atoms with Gasteiger partial charge in [-0.2, -0.15) is 0 Å². The first-order valence-corrected chi connectivity index (χ1v) is 13.1. The second-order valence-corrected chi connectivity index (χ2v) is 15.8. The van der Waals surface area contributed by atoms with Crippen molar-refractivity contribution in [1.82, 2.24) is 0 Å². The molecule has 170 valence electrons. The molecule has 0 N–H and O–H groups in total. The average molecular weight is 435 g/mol. The van der Waals surface area contributed by atoms with Gasteiger partial charge < -0.3 is 18.4 Å². The van der Waals surface area contributed by atoms with Crippen LogP contribution in [0.5, 0.6) is 0 Å². The largest absolute Gasteiger partial charge is 0.390 e. The highest BCUT2D eigenvalue weighted by Crippen LogP contribution is 2.56. The summed E-state index contributed by atoms with van der Waals surface area (Å²) >= 11 is 0. The Bertz CT molecular complexity index is 663. The molecule has 5 heteroatoms. The molecule has 0 saturated carbocycles. The lowest BCUT2D eigenvalue weighted by atomic mass is 9.85. The van der Waals surface area contributed by atoms with Crippen molar-refractivity contribution < 1.29 is 18.4 Å². The molecule has 0 aliphatic carbocycles. The maximum atomic E-state index is 11.7. The first kappa shape index (κ1) is 25.2. The lowest BCUT2D eigenvalue weighted by Gasteiger charge is -2.58. The van der Waals surface area contributed by atoms with E-state index in [0.717, 1.165) is 6.29 Å². The molecule has 0 amide bonds. The predicted molar refractivity (Wildman–Crippen MR) is 125 cm³/mol. The van der Waals surface area contributed by atoms with Crippen LogP contribution in [-0.4, -0.2) is 33.7 Å². The van der Waals surface area contributed by atoms with Crippen LogP contribution in [-0.2, 0) is 25.0 Å². The highest BCUT2D eigenvalue weighted by atomic mass is 28.4. The van der Waals surface area contributed by atoms with E-state index in [1.54, 1.807) is 0 Å². The highest BCUT2D eigenvalue weighted by molar-refractivity contribution is 6.73. The van der Waals surface area contributed by atoms with Gasteiger partial charge in [0.1, 0.15) is 6.29 Å². The number of carbonyl (C=O) groups is 1. The molecule has 4 nitrogen and oxygen atoms in total. The van der Waals surface area contributed by atoms with Crippen molar-refractivity contribution in [3.63, 3.8) is 0 Å². The monoisotopic (exact) mass is 434 g/mol. The van der Waals surface area contributed by atoms with Gasteiger partial charge in [0.05, 0.1) is 25.4 Å². The van der Waals surface area contributed by atoms with Crippen LogP contribution in [0.15, 0.2) is 30.3 Å². The molecule has 1 heterocycles. The molecule has 1 aliphatic heterocycles. The van der Waals surface area contributed by atoms with Crippen molar-refractivity contribution in [3.8, 4) is 0 Å². The minimum Gasteiger partial charge on any atom is -0.390 e. The molecule has 1 aliphatic rings. The third-order valence-corrected chi connectivity index (χ3v) is 11.6. The van der Waals surface area contributed by atoms with Gasteiger partial charge in [-0.05, 0) is 5.56 Å². The maximum absolute atomic E-state index is 11.7. The Hall–Kier alpha value is -1.01. The van der Waals surface area contributed by atoms with E-state index in [0.29, 0.717) is 13.2 Å². The first-order chi connectivity index (χ1) is 13.8. The van der Waals surface area contributed by atoms with Gasteiger partial charge in [-0.25, -0.2) is 0 Å². The van der Waals surface area contributed by atoms with Crippen molar-refractivity contribution in [2.45, 2.75) is 91.2 Å². The smallest absolute Gasteiger partial charge is 0.349 e. The van der Waals surface area contributed by atoms with Crippen LogP contribution in [0.25, 0.3) is 0 Å². The number of hydrogen-bond donors (Lipinski definition) is 0. The van der Waals surface area contributed by atoms with Crippen LogP contribution in [0, 0.1) is 17.8 Å². The summed E-state index contributed by atoms with van der Waals surface area (Å²) in [6.07, 6.45) is 0.889. The molecule has 0 spiro atoms. The highest BCUT2D eigenvalue weighted by Gasteiger charge is 2.64. The standard InChI is InChI=1S/C25H42O4Si/c1-18(15-26)22-20(3)23(19(2)16-27-17-21-13-11-10-12-14-21)29-30(28-22,24(4,5)6)25(7,8)9/h10-15,18-20,22-23H,16-17H2,1-9H3/t18-,19+,20+,22+,23+/m1/s1. The van der Waals surface area contributed by atoms with Crippen LogP contribution in [0.1, 0.15) is 67.9 Å². The number of ether oxygens (including phenoxy) is 1. The summed E-state index contributed by atoms with van der Waals surface area (Å²) in [6, 6.07) is 10.2. The van der Waals surface area contributed by atoms with Gasteiger partial charge >= 0.3 is 8.56 Å². The molecule has 0 bridgehead atoms. The van der Waals surface area contributed by atoms with Gasteiger partial charge in [-0.1, -0.05) is 92.6 Å². The van der Waals surface area contributed by atoms with E-state index in [2.05, 4.69) is 67.5 Å². The van der Waals surface area contributed by atoms with E-state index in [9.17, 15) is 4.79 Å². The summed E-state index contributed by atoms with van der Waals surface area (Å²) in [5.74, 6) is 0.150. The normalized spacial score (nSPS) is 26.8. The third kappa shape index (κ3) is 5.24. The van der Waals surface area contributed by atoms with Crippen molar-refractivity contribution >= 4 is 14.8 Å². The van der Waals surface area contributed by atoms with Crippen LogP contribution in [0.3, 0.4) is 0 Å². The van der Waals surface area contributed by atoms with Gasteiger partial charge in [0.25, 0.3) is 0 Å². The fraction of sp³-hybridized carbons (Fsp3) is 0.720. The molecule has 1 aromatic rings. The van der Waals surface area contributed by atoms with Crippen molar-refractivity contribution in [1.29, 1.82) is 0 Å². The summed E-state index contributed by atoms with van der Waals surface area (Å²) in [4.78, 5) is 11.7. The Labute approximate surface area is 184 Å². The van der Waals surface area contributed by atoms with E-state index in [1.165, 1.54) is 5.56 Å². The molecule has 1 saturated heterocycles. The van der Waals surface area contributed by atoms with E-state index >= 15 is 0 Å². The minimum atomic E-state index is -2.71. The Morgan fingerprint density at radius 2 is 1.53 bits per heavy atom. The molecular weight excluding hydrogens is 392 g/mol. The number of aldehydes is 1. The van der Waals surface area contributed by atoms with Gasteiger partial charge in [-0.15, -0.1) is 0 Å². The number of benzene rings is 1. The molecule has 2 rings (SSSR count). The average Bonchev–Trinajstić information content (AvgIpc) is 2.66. The second kappa shape index (κ2) is 9.64. The third-order valence-electron chi connectivity index (χ3n) is 6.40. The lowest BCUT2D eigenvalue weighted by Crippen LogP contribution is -2.67. The van der Waals surface area contributed by atoms with E-state index in [4.69, 9.17) is 13.6 Å². The minimum absolute atomic E-state index is 0.00737. The molecule has 0 unspecified atom stereocenters. The van der Waals surface area contributed by atoms with Crippen LogP contribution in [0.4, 0.5) is 0 Å². The summed E-state index contributed by atoms with van der Waals surface area (Å²) in [7, 11) is -2.71. The first-order valence-electron chi connectivity index (χ1n) is 11.3. The van der Waals surface area contributed by atoms with Crippen LogP contribution < -0.4 is 0 Å². The predicted octanol–water partition coefficient (Wildman–Crippen LogP) is 6.14. The second-order valence-electron chi connectivity index (χ2n) is 11.1. The molecule has 5 atom stereocenters. The molecule has 30 heavy (non-hydrogen) atoms. The molecule has 1 fully saturated rings. The van der Waals surface area contributed by atoms with E-state index < -0.39 is 8.56 Å². The Balaban J connectivity index is 2.27. The fourth-order valence-electron chi connectivity index (χ4n) is 4.97. The van der Waals surface area contributed by atoms with Crippen molar-refractivity contribution in [2.24, 2.45) is 17.8 Å². The van der Waals surface area contributed by atoms with Gasteiger partial charge in [0, 0.05) is 27.8 Å². The van der Waals surface area contributed by atoms with Crippen molar-refractivity contribution in [2.75, 3.05) is 6.61 Å². The quantitative estimate of drug-likeness (QED) is 0.382. The number of carbonyl (C=O) groups excluding carboxylic acids is 1. The molecule has 1 aromatic carbocycles. The zero-order chi connectivity index (χ0) is 22.7. The Kier molecular flexibility index (Phi) is 8.11. The van der Waals surface area contributed by atoms with Crippen molar-refractivity contribution in [3.05, 3.63) is 35.9 Å². The maximum Gasteiger partial charge on any atom is 0.349 e. The zero-order valence-corrected chi connectivity index (χ0v) is 21.4. The van der Waals surface area contributed by atoms with E-state index in [1.807, 2.05) is 25.1 Å². The molecule has 0 aromatic heterocycles. The Morgan fingerprint density at radius 3 is 2.03 bits per heavy atom. The number of rotatable bonds is 7. The summed E-state index contributed by atoms with van der Waals surface area (Å²) in [5.41, 5.74) is 1.17. The number of hydrogen-bond acceptors (Lipinski definition) is 4. The summed E-state index contributed by atoms with van der Waals surface area (Å²) in [6.45, 7) is 20.9. The molecule has 0 radical (unpaired) electrons. The van der Waals surface area contributed by atoms with Gasteiger partial charge in [-0.3, -0.25) is 0 Å².